The van der Waals surface area contributed by atoms with E-state index in [9.17, 15) is 15.2 Å². The number of imidazole rings is 1. The molecule has 0 saturated carbocycles. The number of benzene rings is 4. The molecule has 0 amide bonds. The fourth-order valence-electron chi connectivity index (χ4n) is 6.27. The van der Waals surface area contributed by atoms with Crippen LogP contribution in [0, 0.1) is 11.3 Å². The fourth-order valence-corrected chi connectivity index (χ4v) is 6.27. The number of rotatable bonds is 7. The average Bonchev–Trinajstić information content (AvgIpc) is 3.79. The molecule has 0 unspecified atom stereocenters. The molecular formula is C41H29N7O2. The number of hydrogen-bond donors (Lipinski definition) is 1. The maximum Gasteiger partial charge on any atom is 0.198 e. The van der Waals surface area contributed by atoms with Gasteiger partial charge >= 0.3 is 0 Å². The first kappa shape index (κ1) is 30.6. The van der Waals surface area contributed by atoms with Crippen LogP contribution < -0.4 is 0 Å². The number of nitriles is 1. The second-order valence-electron chi connectivity index (χ2n) is 12.5. The third kappa shape index (κ3) is 5.30. The van der Waals surface area contributed by atoms with E-state index < -0.39 is 5.60 Å². The predicted molar refractivity (Wildman–Crippen MR) is 192 cm³/mol. The number of hydrogen-bond acceptors (Lipinski definition) is 7. The Bertz CT molecular complexity index is 2610. The molecule has 0 saturated heterocycles. The highest BCUT2D eigenvalue weighted by molar-refractivity contribution is 6.12. The van der Waals surface area contributed by atoms with Gasteiger partial charge in [0.15, 0.2) is 11.4 Å². The highest BCUT2D eigenvalue weighted by atomic mass is 16.3. The number of carbonyl (C=O) groups is 1. The smallest absolute Gasteiger partial charge is 0.198 e. The summed E-state index contributed by atoms with van der Waals surface area (Å²) in [5.41, 5.74) is 8.50. The van der Waals surface area contributed by atoms with Crippen LogP contribution in [-0.4, -0.2) is 40.0 Å². The maximum atomic E-state index is 13.8. The molecule has 0 radical (unpaired) electrons. The Morgan fingerprint density at radius 3 is 2.40 bits per heavy atom. The van der Waals surface area contributed by atoms with E-state index in [1.165, 1.54) is 0 Å². The van der Waals surface area contributed by atoms with Gasteiger partial charge < -0.3 is 5.11 Å². The van der Waals surface area contributed by atoms with Crippen molar-refractivity contribution in [3.63, 3.8) is 0 Å². The minimum absolute atomic E-state index is 0.183. The molecule has 4 heterocycles. The summed E-state index contributed by atoms with van der Waals surface area (Å²) < 4.78 is 3.68. The van der Waals surface area contributed by atoms with Crippen molar-refractivity contribution in [1.82, 2.24) is 29.1 Å². The summed E-state index contributed by atoms with van der Waals surface area (Å²) in [6.07, 6.45) is 6.75. The van der Waals surface area contributed by atoms with E-state index in [1.807, 2.05) is 95.6 Å². The van der Waals surface area contributed by atoms with Gasteiger partial charge in [0, 0.05) is 29.1 Å². The molecule has 8 aromatic rings. The fraction of sp³-hybridized carbons (Fsp3) is 0.0732. The molecule has 0 bridgehead atoms. The van der Waals surface area contributed by atoms with Gasteiger partial charge in [0.05, 0.1) is 57.1 Å². The van der Waals surface area contributed by atoms with Gasteiger partial charge in [-0.2, -0.15) is 10.4 Å². The topological polar surface area (TPSA) is 122 Å². The second-order valence-corrected chi connectivity index (χ2v) is 12.5. The Morgan fingerprint density at radius 2 is 1.62 bits per heavy atom. The van der Waals surface area contributed by atoms with Gasteiger partial charge in [-0.1, -0.05) is 66.7 Å². The summed E-state index contributed by atoms with van der Waals surface area (Å²) in [7, 11) is 0. The molecule has 0 fully saturated rings. The van der Waals surface area contributed by atoms with Crippen LogP contribution in [-0.2, 0) is 5.60 Å². The molecule has 50 heavy (non-hydrogen) atoms. The van der Waals surface area contributed by atoms with Crippen molar-refractivity contribution in [1.29, 1.82) is 5.26 Å². The number of carbonyl (C=O) groups excluding carboxylic acids is 1. The summed E-state index contributed by atoms with van der Waals surface area (Å²) >= 11 is 0. The molecule has 8 rings (SSSR count). The summed E-state index contributed by atoms with van der Waals surface area (Å²) in [4.78, 5) is 27.9. The zero-order chi connectivity index (χ0) is 34.4. The van der Waals surface area contributed by atoms with Gasteiger partial charge in [0.2, 0.25) is 0 Å². The summed E-state index contributed by atoms with van der Waals surface area (Å²) in [5, 5.41) is 25.3. The van der Waals surface area contributed by atoms with Crippen molar-refractivity contribution < 1.29 is 9.90 Å². The Morgan fingerprint density at radius 1 is 0.840 bits per heavy atom. The van der Waals surface area contributed by atoms with Gasteiger partial charge in [-0.05, 0) is 73.0 Å². The van der Waals surface area contributed by atoms with Crippen molar-refractivity contribution in [2.45, 2.75) is 19.4 Å². The Balaban J connectivity index is 1.40. The van der Waals surface area contributed by atoms with Crippen LogP contribution in [0.15, 0.2) is 134 Å². The lowest BCUT2D eigenvalue weighted by Gasteiger charge is -2.18. The predicted octanol–water partition coefficient (Wildman–Crippen LogP) is 7.79. The third-order valence-corrected chi connectivity index (χ3v) is 8.87. The number of nitrogens with zero attached hydrogens (tertiary/aromatic N) is 7. The van der Waals surface area contributed by atoms with Gasteiger partial charge in [0.25, 0.3) is 0 Å². The van der Waals surface area contributed by atoms with Crippen LogP contribution in [0.25, 0.3) is 56.0 Å². The highest BCUT2D eigenvalue weighted by Gasteiger charge is 2.23. The van der Waals surface area contributed by atoms with E-state index in [-0.39, 0.29) is 5.78 Å². The van der Waals surface area contributed by atoms with Crippen molar-refractivity contribution in [3.8, 4) is 45.4 Å². The standard InChI is InChI=1S/C41H29N7O2/c1-41(2,50)30-13-15-36-35(21-30)44-25-47(36)38-20-28(31-11-7-6-10-29(31)23-42)12-14-32(38)34-22-37(26-16-18-43-19-17-26)48-40(46-34)33(24-45-48)39(49)27-8-4-3-5-9-27/h3-22,24-25,50H,1-2H3. The van der Waals surface area contributed by atoms with Crippen LogP contribution in [0.5, 0.6) is 0 Å². The van der Waals surface area contributed by atoms with Crippen LogP contribution in [0.1, 0.15) is 40.9 Å². The Hall–Kier alpha value is -6.76. The molecule has 4 aromatic heterocycles. The van der Waals surface area contributed by atoms with Crippen LogP contribution in [0.2, 0.25) is 0 Å². The van der Waals surface area contributed by atoms with Crippen molar-refractivity contribution in [3.05, 3.63) is 156 Å². The van der Waals surface area contributed by atoms with Gasteiger partial charge in [-0.15, -0.1) is 0 Å². The lowest BCUT2D eigenvalue weighted by Crippen LogP contribution is -2.15. The van der Waals surface area contributed by atoms with Gasteiger partial charge in [0.1, 0.15) is 6.33 Å². The normalized spacial score (nSPS) is 11.6. The second kappa shape index (κ2) is 12.0. The van der Waals surface area contributed by atoms with Crippen LogP contribution in [0.4, 0.5) is 0 Å². The number of ketones is 1. The third-order valence-electron chi connectivity index (χ3n) is 8.87. The monoisotopic (exact) mass is 651 g/mol. The molecule has 0 aliphatic carbocycles. The minimum Gasteiger partial charge on any atom is -0.386 e. The summed E-state index contributed by atoms with van der Waals surface area (Å²) in [6.45, 7) is 3.49. The first-order valence-corrected chi connectivity index (χ1v) is 16.0. The number of fused-ring (bicyclic) bond motifs is 2. The van der Waals surface area contributed by atoms with E-state index in [0.29, 0.717) is 33.5 Å². The lowest BCUT2D eigenvalue weighted by molar-refractivity contribution is 0.0787. The van der Waals surface area contributed by atoms with Crippen LogP contribution in [0.3, 0.4) is 0 Å². The number of aliphatic hydroxyl groups is 1. The van der Waals surface area contributed by atoms with E-state index in [4.69, 9.17) is 9.97 Å². The largest absolute Gasteiger partial charge is 0.386 e. The highest BCUT2D eigenvalue weighted by Crippen LogP contribution is 2.36. The van der Waals surface area contributed by atoms with E-state index in [0.717, 1.165) is 44.7 Å². The van der Waals surface area contributed by atoms with E-state index in [1.54, 1.807) is 61.5 Å². The van der Waals surface area contributed by atoms with Crippen molar-refractivity contribution in [2.75, 3.05) is 0 Å². The zero-order valence-electron chi connectivity index (χ0n) is 27.2. The molecule has 1 N–H and O–H groups in total. The van der Waals surface area contributed by atoms with Crippen molar-refractivity contribution >= 4 is 22.5 Å². The first-order chi connectivity index (χ1) is 24.3. The minimum atomic E-state index is -1.03. The zero-order valence-corrected chi connectivity index (χ0v) is 27.2. The molecule has 0 spiro atoms. The quantitative estimate of drug-likeness (QED) is 0.175. The summed E-state index contributed by atoms with van der Waals surface area (Å²) in [6, 6.07) is 36.4. The van der Waals surface area contributed by atoms with E-state index in [2.05, 4.69) is 16.2 Å². The molecule has 9 nitrogen and oxygen atoms in total. The number of aromatic nitrogens is 6. The Labute approximate surface area is 287 Å². The molecule has 9 heteroatoms. The van der Waals surface area contributed by atoms with Gasteiger partial charge in [-0.3, -0.25) is 14.3 Å². The lowest BCUT2D eigenvalue weighted by atomic mass is 9.96. The van der Waals surface area contributed by atoms with Gasteiger partial charge in [-0.25, -0.2) is 14.5 Å². The van der Waals surface area contributed by atoms with E-state index >= 15 is 0 Å². The molecule has 0 aliphatic rings. The first-order valence-electron chi connectivity index (χ1n) is 16.0. The van der Waals surface area contributed by atoms with Crippen molar-refractivity contribution in [2.24, 2.45) is 0 Å². The SMILES string of the molecule is CC(C)(O)c1ccc2c(c1)ncn2-c1cc(-c2ccccc2C#N)ccc1-c1cc(-c2ccncc2)n2ncc(C(=O)c3ccccc3)c2n1. The molecule has 0 atom stereocenters. The average molecular weight is 652 g/mol. The van der Waals surface area contributed by atoms with Crippen LogP contribution >= 0.6 is 0 Å². The molecule has 0 aliphatic heterocycles. The molecule has 240 valence electrons. The molecular weight excluding hydrogens is 622 g/mol. The maximum absolute atomic E-state index is 13.8. The summed E-state index contributed by atoms with van der Waals surface area (Å²) in [5.74, 6) is -0.183. The molecule has 4 aromatic carbocycles. The number of pyridine rings is 1. The Kier molecular flexibility index (Phi) is 7.36.